The van der Waals surface area contributed by atoms with E-state index in [-0.39, 0.29) is 11.9 Å². The lowest BCUT2D eigenvalue weighted by atomic mass is 10.0. The van der Waals surface area contributed by atoms with Gasteiger partial charge in [0.1, 0.15) is 0 Å². The zero-order chi connectivity index (χ0) is 20.5. The van der Waals surface area contributed by atoms with E-state index in [0.717, 1.165) is 16.3 Å². The normalized spacial score (nSPS) is 12.2. The SMILES string of the molecule is CCn1c(=O)c(=O)[nH]c2cc(C(=O)NC(C)c3ccc4ccccc4c3)ccc21. The summed E-state index contributed by atoms with van der Waals surface area (Å²) < 4.78 is 1.40. The van der Waals surface area contributed by atoms with Gasteiger partial charge in [-0.3, -0.25) is 14.4 Å². The molecule has 3 aromatic carbocycles. The molecule has 6 heteroatoms. The Morgan fingerprint density at radius 2 is 1.79 bits per heavy atom. The van der Waals surface area contributed by atoms with Crippen molar-refractivity contribution in [3.05, 3.63) is 92.5 Å². The van der Waals surface area contributed by atoms with E-state index in [1.165, 1.54) is 4.57 Å². The van der Waals surface area contributed by atoms with Crippen molar-refractivity contribution in [2.75, 3.05) is 0 Å². The molecule has 1 heterocycles. The summed E-state index contributed by atoms with van der Waals surface area (Å²) >= 11 is 0. The average Bonchev–Trinajstić information content (AvgIpc) is 2.74. The third kappa shape index (κ3) is 3.45. The summed E-state index contributed by atoms with van der Waals surface area (Å²) in [7, 11) is 0. The van der Waals surface area contributed by atoms with E-state index < -0.39 is 11.1 Å². The lowest BCUT2D eigenvalue weighted by Crippen LogP contribution is -2.36. The monoisotopic (exact) mass is 387 g/mol. The average molecular weight is 387 g/mol. The van der Waals surface area contributed by atoms with Crippen molar-refractivity contribution in [3.8, 4) is 0 Å². The standard InChI is InChI=1S/C23H21N3O3/c1-3-26-20-11-10-18(13-19(20)25-22(28)23(26)29)21(27)24-14(2)16-9-8-15-6-4-5-7-17(15)12-16/h4-14H,3H2,1-2H3,(H,24,27)(H,25,28). The van der Waals surface area contributed by atoms with Crippen molar-refractivity contribution in [1.29, 1.82) is 0 Å². The number of nitrogens with one attached hydrogen (secondary N) is 2. The minimum Gasteiger partial charge on any atom is -0.346 e. The van der Waals surface area contributed by atoms with Crippen LogP contribution in [0.1, 0.15) is 35.8 Å². The van der Waals surface area contributed by atoms with Crippen molar-refractivity contribution >= 4 is 27.7 Å². The molecular weight excluding hydrogens is 366 g/mol. The van der Waals surface area contributed by atoms with E-state index in [4.69, 9.17) is 0 Å². The van der Waals surface area contributed by atoms with Gasteiger partial charge in [0, 0.05) is 12.1 Å². The van der Waals surface area contributed by atoms with Crippen molar-refractivity contribution < 1.29 is 4.79 Å². The van der Waals surface area contributed by atoms with Gasteiger partial charge in [-0.25, -0.2) is 0 Å². The number of aryl methyl sites for hydroxylation is 1. The van der Waals surface area contributed by atoms with Gasteiger partial charge < -0.3 is 14.9 Å². The topological polar surface area (TPSA) is 84.0 Å². The van der Waals surface area contributed by atoms with E-state index in [9.17, 15) is 14.4 Å². The number of benzene rings is 3. The molecule has 6 nitrogen and oxygen atoms in total. The first-order valence-electron chi connectivity index (χ1n) is 9.54. The molecule has 0 aliphatic carbocycles. The predicted octanol–water partition coefficient (Wildman–Crippen LogP) is 3.35. The number of H-pyrrole nitrogens is 1. The Kier molecular flexibility index (Phi) is 4.76. The third-order valence-electron chi connectivity index (χ3n) is 5.17. The first-order valence-corrected chi connectivity index (χ1v) is 9.54. The quantitative estimate of drug-likeness (QED) is 0.527. The Hall–Kier alpha value is -3.67. The minimum absolute atomic E-state index is 0.188. The van der Waals surface area contributed by atoms with Gasteiger partial charge in [-0.1, -0.05) is 36.4 Å². The van der Waals surface area contributed by atoms with Crippen LogP contribution in [0.5, 0.6) is 0 Å². The molecule has 0 saturated heterocycles. The highest BCUT2D eigenvalue weighted by molar-refractivity contribution is 5.97. The molecule has 0 radical (unpaired) electrons. The van der Waals surface area contributed by atoms with Gasteiger partial charge in [-0.15, -0.1) is 0 Å². The van der Waals surface area contributed by atoms with Crippen molar-refractivity contribution in [3.63, 3.8) is 0 Å². The Bertz CT molecular complexity index is 1350. The molecule has 2 N–H and O–H groups in total. The van der Waals surface area contributed by atoms with Gasteiger partial charge in [0.2, 0.25) is 0 Å². The first kappa shape index (κ1) is 18.7. The molecule has 4 aromatic rings. The maximum absolute atomic E-state index is 12.8. The van der Waals surface area contributed by atoms with Crippen LogP contribution in [0.4, 0.5) is 0 Å². The molecule has 1 aromatic heterocycles. The van der Waals surface area contributed by atoms with Crippen LogP contribution in [0.3, 0.4) is 0 Å². The Balaban J connectivity index is 1.63. The van der Waals surface area contributed by atoms with Crippen molar-refractivity contribution in [1.82, 2.24) is 14.9 Å². The molecule has 4 rings (SSSR count). The molecule has 146 valence electrons. The Morgan fingerprint density at radius 3 is 2.55 bits per heavy atom. The molecule has 0 aliphatic rings. The van der Waals surface area contributed by atoms with Gasteiger partial charge in [-0.05, 0) is 54.4 Å². The molecule has 0 spiro atoms. The van der Waals surface area contributed by atoms with E-state index in [1.807, 2.05) is 43.3 Å². The molecule has 1 amide bonds. The van der Waals surface area contributed by atoms with Crippen LogP contribution in [-0.4, -0.2) is 15.5 Å². The van der Waals surface area contributed by atoms with E-state index >= 15 is 0 Å². The highest BCUT2D eigenvalue weighted by Crippen LogP contribution is 2.21. The fourth-order valence-corrected chi connectivity index (χ4v) is 3.57. The molecular formula is C23H21N3O3. The largest absolute Gasteiger partial charge is 0.346 e. The van der Waals surface area contributed by atoms with Crippen molar-refractivity contribution in [2.45, 2.75) is 26.4 Å². The summed E-state index contributed by atoms with van der Waals surface area (Å²) in [5.41, 5.74) is 1.19. The molecule has 0 bridgehead atoms. The van der Waals surface area contributed by atoms with Crippen LogP contribution in [0.25, 0.3) is 21.8 Å². The lowest BCUT2D eigenvalue weighted by Gasteiger charge is -2.16. The minimum atomic E-state index is -0.693. The zero-order valence-electron chi connectivity index (χ0n) is 16.2. The van der Waals surface area contributed by atoms with Crippen LogP contribution in [0.2, 0.25) is 0 Å². The first-order chi connectivity index (χ1) is 14.0. The second-order valence-electron chi connectivity index (χ2n) is 7.04. The fourth-order valence-electron chi connectivity index (χ4n) is 3.57. The summed E-state index contributed by atoms with van der Waals surface area (Å²) in [5, 5.41) is 5.26. The summed E-state index contributed by atoms with van der Waals surface area (Å²) in [6.07, 6.45) is 0. The van der Waals surface area contributed by atoms with Gasteiger partial charge in [0.05, 0.1) is 17.1 Å². The molecule has 1 unspecified atom stereocenters. The highest BCUT2D eigenvalue weighted by atomic mass is 16.2. The number of nitrogens with zero attached hydrogens (tertiary/aromatic N) is 1. The Labute approximate surface area is 166 Å². The number of carbonyl (C=O) groups is 1. The van der Waals surface area contributed by atoms with Crippen LogP contribution < -0.4 is 16.4 Å². The van der Waals surface area contributed by atoms with Crippen LogP contribution in [0.15, 0.2) is 70.3 Å². The molecule has 29 heavy (non-hydrogen) atoms. The summed E-state index contributed by atoms with van der Waals surface area (Å²) in [6, 6.07) is 18.9. The second-order valence-corrected chi connectivity index (χ2v) is 7.04. The van der Waals surface area contributed by atoms with Crippen LogP contribution in [0, 0.1) is 0 Å². The molecule has 0 saturated carbocycles. The van der Waals surface area contributed by atoms with E-state index in [0.29, 0.717) is 23.1 Å². The van der Waals surface area contributed by atoms with Gasteiger partial charge in [0.25, 0.3) is 5.91 Å². The fraction of sp³-hybridized carbons (Fsp3) is 0.174. The zero-order valence-corrected chi connectivity index (χ0v) is 16.2. The molecule has 0 fully saturated rings. The van der Waals surface area contributed by atoms with Crippen LogP contribution >= 0.6 is 0 Å². The number of amides is 1. The number of hydrogen-bond donors (Lipinski definition) is 2. The summed E-state index contributed by atoms with van der Waals surface area (Å²) in [4.78, 5) is 39.2. The van der Waals surface area contributed by atoms with Crippen LogP contribution in [-0.2, 0) is 6.54 Å². The number of rotatable bonds is 4. The predicted molar refractivity (Wildman–Crippen MR) is 114 cm³/mol. The number of fused-ring (bicyclic) bond motifs is 2. The third-order valence-corrected chi connectivity index (χ3v) is 5.17. The highest BCUT2D eigenvalue weighted by Gasteiger charge is 2.14. The molecule has 0 aliphatic heterocycles. The summed E-state index contributed by atoms with van der Waals surface area (Å²) in [6.45, 7) is 4.11. The van der Waals surface area contributed by atoms with Crippen molar-refractivity contribution in [2.24, 2.45) is 0 Å². The lowest BCUT2D eigenvalue weighted by molar-refractivity contribution is 0.0940. The number of aromatic amines is 1. The maximum atomic E-state index is 12.8. The summed E-state index contributed by atoms with van der Waals surface area (Å²) in [5.74, 6) is -0.248. The smallest absolute Gasteiger partial charge is 0.316 e. The van der Waals surface area contributed by atoms with Gasteiger partial charge in [0.15, 0.2) is 0 Å². The number of aromatic nitrogens is 2. The Morgan fingerprint density at radius 1 is 1.03 bits per heavy atom. The second kappa shape index (κ2) is 7.39. The number of hydrogen-bond acceptors (Lipinski definition) is 3. The number of carbonyl (C=O) groups excluding carboxylic acids is 1. The van der Waals surface area contributed by atoms with Gasteiger partial charge in [-0.2, -0.15) is 0 Å². The van der Waals surface area contributed by atoms with E-state index in [1.54, 1.807) is 25.1 Å². The maximum Gasteiger partial charge on any atom is 0.316 e. The van der Waals surface area contributed by atoms with E-state index in [2.05, 4.69) is 16.4 Å². The van der Waals surface area contributed by atoms with Gasteiger partial charge >= 0.3 is 11.1 Å². The molecule has 1 atom stereocenters.